The van der Waals surface area contributed by atoms with E-state index < -0.39 is 0 Å². The lowest BCUT2D eigenvalue weighted by Gasteiger charge is -2.14. The fourth-order valence-electron chi connectivity index (χ4n) is 1.72. The molecule has 1 aromatic rings. The van der Waals surface area contributed by atoms with E-state index in [4.69, 9.17) is 4.74 Å². The molecular weight excluding hydrogens is 228 g/mol. The molecule has 2 N–H and O–H groups in total. The summed E-state index contributed by atoms with van der Waals surface area (Å²) in [6, 6.07) is 6.17. The van der Waals surface area contributed by atoms with E-state index >= 15 is 0 Å². The number of carbonyl (C=O) groups is 1. The Balaban J connectivity index is 2.45. The molecule has 0 bridgehead atoms. The highest BCUT2D eigenvalue weighted by molar-refractivity contribution is 5.81. The maximum Gasteiger partial charge on any atom is 0.239 e. The molecule has 0 saturated heterocycles. The van der Waals surface area contributed by atoms with Gasteiger partial charge in [0.2, 0.25) is 5.91 Å². The first-order valence-electron chi connectivity index (χ1n) is 6.12. The van der Waals surface area contributed by atoms with Crippen LogP contribution >= 0.6 is 0 Å². The fourth-order valence-corrected chi connectivity index (χ4v) is 1.72. The van der Waals surface area contributed by atoms with Crippen LogP contribution in [0.5, 0.6) is 0 Å². The Bertz CT molecular complexity index is 405. The van der Waals surface area contributed by atoms with Gasteiger partial charge in [-0.25, -0.2) is 0 Å². The molecule has 4 nitrogen and oxygen atoms in total. The molecule has 4 heteroatoms. The smallest absolute Gasteiger partial charge is 0.239 e. The Morgan fingerprint density at radius 3 is 2.78 bits per heavy atom. The number of aryl methyl sites for hydroxylation is 2. The van der Waals surface area contributed by atoms with Crippen molar-refractivity contribution in [2.24, 2.45) is 0 Å². The number of anilines is 1. The number of ether oxygens (including phenoxy) is 1. The lowest BCUT2D eigenvalue weighted by Crippen LogP contribution is -2.39. The van der Waals surface area contributed by atoms with Gasteiger partial charge < -0.3 is 15.4 Å². The monoisotopic (exact) mass is 250 g/mol. The molecule has 100 valence electrons. The van der Waals surface area contributed by atoms with Crippen molar-refractivity contribution in [2.75, 3.05) is 25.6 Å². The summed E-state index contributed by atoms with van der Waals surface area (Å²) >= 11 is 0. The zero-order valence-electron chi connectivity index (χ0n) is 11.5. The standard InChI is InChI=1S/C14H22N2O2/c1-10-5-6-11(2)13(7-10)15-8-14(17)16-12(3)9-18-4/h5-7,12,15H,8-9H2,1-4H3,(H,16,17). The van der Waals surface area contributed by atoms with Gasteiger partial charge in [0.25, 0.3) is 0 Å². The molecule has 0 aliphatic carbocycles. The van der Waals surface area contributed by atoms with Crippen LogP contribution in [0.25, 0.3) is 0 Å². The molecule has 0 saturated carbocycles. The van der Waals surface area contributed by atoms with E-state index in [9.17, 15) is 4.79 Å². The van der Waals surface area contributed by atoms with Crippen LogP contribution in [0.3, 0.4) is 0 Å². The molecule has 18 heavy (non-hydrogen) atoms. The molecular formula is C14H22N2O2. The van der Waals surface area contributed by atoms with E-state index in [0.717, 1.165) is 11.3 Å². The highest BCUT2D eigenvalue weighted by atomic mass is 16.5. The lowest BCUT2D eigenvalue weighted by molar-refractivity contribution is -0.120. The van der Waals surface area contributed by atoms with E-state index in [1.54, 1.807) is 7.11 Å². The molecule has 1 rings (SSSR count). The first-order valence-corrected chi connectivity index (χ1v) is 6.12. The quantitative estimate of drug-likeness (QED) is 0.810. The molecule has 1 aromatic carbocycles. The van der Waals surface area contributed by atoms with Crippen molar-refractivity contribution in [3.05, 3.63) is 29.3 Å². The van der Waals surface area contributed by atoms with Gasteiger partial charge in [0.15, 0.2) is 0 Å². The summed E-state index contributed by atoms with van der Waals surface area (Å²) in [6.45, 7) is 6.77. The average Bonchev–Trinajstić information content (AvgIpc) is 2.30. The fraction of sp³-hybridized carbons (Fsp3) is 0.500. The predicted octanol–water partition coefficient (Wildman–Crippen LogP) is 1.87. The highest BCUT2D eigenvalue weighted by Gasteiger charge is 2.07. The van der Waals surface area contributed by atoms with Crippen LogP contribution in [-0.2, 0) is 9.53 Å². The third kappa shape index (κ3) is 4.75. The maximum absolute atomic E-state index is 11.7. The molecule has 1 unspecified atom stereocenters. The van der Waals surface area contributed by atoms with E-state index in [1.807, 2.05) is 32.9 Å². The summed E-state index contributed by atoms with van der Waals surface area (Å²) in [4.78, 5) is 11.7. The van der Waals surface area contributed by atoms with Crippen molar-refractivity contribution >= 4 is 11.6 Å². The van der Waals surface area contributed by atoms with Crippen molar-refractivity contribution in [1.82, 2.24) is 5.32 Å². The number of nitrogens with one attached hydrogen (secondary N) is 2. The van der Waals surface area contributed by atoms with Crippen molar-refractivity contribution in [3.63, 3.8) is 0 Å². The number of methoxy groups -OCH3 is 1. The third-order valence-corrected chi connectivity index (χ3v) is 2.66. The SMILES string of the molecule is COCC(C)NC(=O)CNc1cc(C)ccc1C. The van der Waals surface area contributed by atoms with Crippen molar-refractivity contribution < 1.29 is 9.53 Å². The van der Waals surface area contributed by atoms with Crippen LogP contribution < -0.4 is 10.6 Å². The van der Waals surface area contributed by atoms with Gasteiger partial charge in [-0.3, -0.25) is 4.79 Å². The predicted molar refractivity (Wildman–Crippen MR) is 73.9 cm³/mol. The average molecular weight is 250 g/mol. The molecule has 0 heterocycles. The van der Waals surface area contributed by atoms with Gasteiger partial charge in [0, 0.05) is 18.8 Å². The largest absolute Gasteiger partial charge is 0.383 e. The second-order valence-electron chi connectivity index (χ2n) is 4.60. The molecule has 0 spiro atoms. The summed E-state index contributed by atoms with van der Waals surface area (Å²) in [5.74, 6) is -0.0274. The zero-order chi connectivity index (χ0) is 13.5. The highest BCUT2D eigenvalue weighted by Crippen LogP contribution is 2.15. The number of benzene rings is 1. The van der Waals surface area contributed by atoms with Crippen LogP contribution in [0.15, 0.2) is 18.2 Å². The maximum atomic E-state index is 11.7. The minimum absolute atomic E-state index is 0.0274. The first-order chi connectivity index (χ1) is 8.52. The van der Waals surface area contributed by atoms with Crippen LogP contribution in [0.1, 0.15) is 18.1 Å². The van der Waals surface area contributed by atoms with Crippen molar-refractivity contribution in [1.29, 1.82) is 0 Å². The summed E-state index contributed by atoms with van der Waals surface area (Å²) in [5, 5.41) is 6.01. The number of carbonyl (C=O) groups excluding carboxylic acids is 1. The Morgan fingerprint density at radius 2 is 2.11 bits per heavy atom. The number of rotatable bonds is 6. The molecule has 0 aromatic heterocycles. The van der Waals surface area contributed by atoms with Crippen LogP contribution in [0.4, 0.5) is 5.69 Å². The zero-order valence-corrected chi connectivity index (χ0v) is 11.5. The second kappa shape index (κ2) is 7.01. The Morgan fingerprint density at radius 1 is 1.39 bits per heavy atom. The molecule has 0 aliphatic heterocycles. The molecule has 0 aliphatic rings. The van der Waals surface area contributed by atoms with Gasteiger partial charge in [-0.15, -0.1) is 0 Å². The minimum Gasteiger partial charge on any atom is -0.383 e. The van der Waals surface area contributed by atoms with Crippen LogP contribution in [-0.4, -0.2) is 32.2 Å². The minimum atomic E-state index is -0.0274. The Labute approximate surface area is 109 Å². The number of hydrogen-bond acceptors (Lipinski definition) is 3. The Hall–Kier alpha value is -1.55. The summed E-state index contributed by atoms with van der Waals surface area (Å²) < 4.78 is 4.97. The molecule has 1 amide bonds. The normalized spacial score (nSPS) is 12.0. The van der Waals surface area contributed by atoms with Crippen LogP contribution in [0.2, 0.25) is 0 Å². The van der Waals surface area contributed by atoms with E-state index in [2.05, 4.69) is 16.7 Å². The van der Waals surface area contributed by atoms with Crippen molar-refractivity contribution in [3.8, 4) is 0 Å². The van der Waals surface area contributed by atoms with Gasteiger partial charge >= 0.3 is 0 Å². The summed E-state index contributed by atoms with van der Waals surface area (Å²) in [7, 11) is 1.62. The third-order valence-electron chi connectivity index (χ3n) is 2.66. The van der Waals surface area contributed by atoms with Gasteiger partial charge in [0.1, 0.15) is 0 Å². The number of amides is 1. The lowest BCUT2D eigenvalue weighted by atomic mass is 10.1. The van der Waals surface area contributed by atoms with Gasteiger partial charge in [-0.05, 0) is 38.0 Å². The molecule has 1 atom stereocenters. The Kier molecular flexibility index (Phi) is 5.65. The summed E-state index contributed by atoms with van der Waals surface area (Å²) in [5.41, 5.74) is 3.32. The van der Waals surface area contributed by atoms with Gasteiger partial charge in [-0.2, -0.15) is 0 Å². The number of hydrogen-bond donors (Lipinski definition) is 2. The molecule has 0 radical (unpaired) electrons. The summed E-state index contributed by atoms with van der Waals surface area (Å²) in [6.07, 6.45) is 0. The van der Waals surface area contributed by atoms with Crippen molar-refractivity contribution in [2.45, 2.75) is 26.8 Å². The topological polar surface area (TPSA) is 50.4 Å². The van der Waals surface area contributed by atoms with E-state index in [1.165, 1.54) is 5.56 Å². The van der Waals surface area contributed by atoms with Gasteiger partial charge in [-0.1, -0.05) is 12.1 Å². The van der Waals surface area contributed by atoms with E-state index in [0.29, 0.717) is 6.61 Å². The first kappa shape index (κ1) is 14.5. The van der Waals surface area contributed by atoms with Crippen LogP contribution in [0, 0.1) is 13.8 Å². The van der Waals surface area contributed by atoms with E-state index in [-0.39, 0.29) is 18.5 Å². The van der Waals surface area contributed by atoms with Gasteiger partial charge in [0.05, 0.1) is 13.2 Å². The molecule has 0 fully saturated rings. The second-order valence-corrected chi connectivity index (χ2v) is 4.60.